The zero-order valence-electron chi connectivity index (χ0n) is 11.4. The molecule has 0 aliphatic carbocycles. The number of anilines is 1. The number of nitrogens with one attached hydrogen (secondary N) is 1. The van der Waals surface area contributed by atoms with E-state index in [4.69, 9.17) is 5.11 Å². The predicted octanol–water partition coefficient (Wildman–Crippen LogP) is 1.05. The van der Waals surface area contributed by atoms with Crippen molar-refractivity contribution in [1.29, 1.82) is 0 Å². The number of hydrogen-bond acceptors (Lipinski definition) is 4. The van der Waals surface area contributed by atoms with Crippen molar-refractivity contribution in [2.75, 3.05) is 25.0 Å². The van der Waals surface area contributed by atoms with Gasteiger partial charge < -0.3 is 15.3 Å². The molecule has 0 radical (unpaired) electrons. The highest BCUT2D eigenvalue weighted by Gasteiger charge is 2.14. The molecule has 0 unspecified atom stereocenters. The fourth-order valence-corrected chi connectivity index (χ4v) is 1.75. The number of aromatic carboxylic acids is 1. The average molecular weight is 265 g/mol. The Morgan fingerprint density at radius 3 is 2.58 bits per heavy atom. The first-order chi connectivity index (χ1) is 8.99. The van der Waals surface area contributed by atoms with E-state index in [1.165, 1.54) is 6.07 Å². The van der Waals surface area contributed by atoms with E-state index < -0.39 is 5.97 Å². The Kier molecular flexibility index (Phi) is 5.29. The van der Waals surface area contributed by atoms with Gasteiger partial charge in [0.15, 0.2) is 0 Å². The van der Waals surface area contributed by atoms with Gasteiger partial charge in [0.05, 0.1) is 17.8 Å². The number of aromatic nitrogens is 1. The van der Waals surface area contributed by atoms with Gasteiger partial charge >= 0.3 is 5.97 Å². The van der Waals surface area contributed by atoms with Gasteiger partial charge in [-0.3, -0.25) is 4.79 Å². The maximum absolute atomic E-state index is 11.5. The topological polar surface area (TPSA) is 82.5 Å². The van der Waals surface area contributed by atoms with E-state index in [1.807, 2.05) is 11.8 Å². The van der Waals surface area contributed by atoms with Gasteiger partial charge in [0.2, 0.25) is 5.91 Å². The molecule has 0 aliphatic heterocycles. The number of rotatable bonds is 6. The summed E-state index contributed by atoms with van der Waals surface area (Å²) in [6, 6.07) is 3.15. The summed E-state index contributed by atoms with van der Waals surface area (Å²) < 4.78 is 0. The first kappa shape index (κ1) is 14.9. The van der Waals surface area contributed by atoms with Gasteiger partial charge in [-0.25, -0.2) is 9.78 Å². The molecule has 0 fully saturated rings. The second-order valence-corrected chi connectivity index (χ2v) is 4.20. The molecular formula is C13H19N3O3. The van der Waals surface area contributed by atoms with Crippen LogP contribution in [0.4, 0.5) is 5.82 Å². The predicted molar refractivity (Wildman–Crippen MR) is 72.5 cm³/mol. The summed E-state index contributed by atoms with van der Waals surface area (Å²) in [5, 5.41) is 11.5. The molecule has 1 heterocycles. The fraction of sp³-hybridized carbons (Fsp3) is 0.462. The fourth-order valence-electron chi connectivity index (χ4n) is 1.75. The van der Waals surface area contributed by atoms with Gasteiger partial charge in [-0.2, -0.15) is 0 Å². The van der Waals surface area contributed by atoms with E-state index in [0.29, 0.717) is 18.1 Å². The normalized spacial score (nSPS) is 10.1. The molecule has 1 aromatic rings. The summed E-state index contributed by atoms with van der Waals surface area (Å²) in [4.78, 5) is 28.5. The maximum atomic E-state index is 11.5. The van der Waals surface area contributed by atoms with Gasteiger partial charge in [-0.05, 0) is 25.5 Å². The van der Waals surface area contributed by atoms with E-state index in [-0.39, 0.29) is 18.0 Å². The zero-order chi connectivity index (χ0) is 14.4. The van der Waals surface area contributed by atoms with Crippen molar-refractivity contribution in [2.45, 2.75) is 20.3 Å². The van der Waals surface area contributed by atoms with Crippen molar-refractivity contribution in [3.05, 3.63) is 23.4 Å². The van der Waals surface area contributed by atoms with Crippen LogP contribution in [0, 0.1) is 6.92 Å². The molecule has 0 spiro atoms. The molecule has 6 heteroatoms. The Bertz CT molecular complexity index is 474. The average Bonchev–Trinajstić information content (AvgIpc) is 2.37. The van der Waals surface area contributed by atoms with Crippen LogP contribution in [0.3, 0.4) is 0 Å². The lowest BCUT2D eigenvalue weighted by molar-refractivity contribution is -0.119. The minimum Gasteiger partial charge on any atom is -0.478 e. The number of aryl methyl sites for hydroxylation is 1. The molecule has 2 N–H and O–H groups in total. The molecule has 6 nitrogen and oxygen atoms in total. The van der Waals surface area contributed by atoms with E-state index in [1.54, 1.807) is 20.0 Å². The Morgan fingerprint density at radius 2 is 2.11 bits per heavy atom. The van der Waals surface area contributed by atoms with Gasteiger partial charge in [0.1, 0.15) is 5.82 Å². The minimum absolute atomic E-state index is 0.102. The summed E-state index contributed by atoms with van der Waals surface area (Å²) in [6.07, 6.45) is 0.873. The molecule has 1 amide bonds. The number of amides is 1. The highest BCUT2D eigenvalue weighted by Crippen LogP contribution is 2.15. The Hall–Kier alpha value is -2.11. The monoisotopic (exact) mass is 265 g/mol. The molecule has 104 valence electrons. The van der Waals surface area contributed by atoms with Crippen LogP contribution in [0.5, 0.6) is 0 Å². The van der Waals surface area contributed by atoms with Crippen LogP contribution in [0.15, 0.2) is 12.1 Å². The number of pyridine rings is 1. The molecule has 1 aromatic heterocycles. The highest BCUT2D eigenvalue weighted by atomic mass is 16.4. The standard InChI is InChI=1S/C13H19N3O3/c1-4-7-16(8-12(17)14-3)11-6-5-10(13(18)19)9(2)15-11/h5-6H,4,7-8H2,1-3H3,(H,14,17)(H,18,19). The van der Waals surface area contributed by atoms with Crippen molar-refractivity contribution in [3.8, 4) is 0 Å². The third-order valence-electron chi connectivity index (χ3n) is 2.73. The van der Waals surface area contributed by atoms with Crippen LogP contribution < -0.4 is 10.2 Å². The number of carbonyl (C=O) groups excluding carboxylic acids is 1. The number of likely N-dealkylation sites (N-methyl/N-ethyl adjacent to an activating group) is 1. The molecule has 1 rings (SSSR count). The van der Waals surface area contributed by atoms with E-state index in [2.05, 4.69) is 10.3 Å². The second-order valence-electron chi connectivity index (χ2n) is 4.20. The van der Waals surface area contributed by atoms with Gasteiger partial charge in [0.25, 0.3) is 0 Å². The number of carbonyl (C=O) groups is 2. The van der Waals surface area contributed by atoms with Crippen molar-refractivity contribution in [3.63, 3.8) is 0 Å². The van der Waals surface area contributed by atoms with Crippen LogP contribution in [0.25, 0.3) is 0 Å². The number of carboxylic acid groups (broad SMARTS) is 1. The lowest BCUT2D eigenvalue weighted by Gasteiger charge is -2.22. The summed E-state index contributed by atoms with van der Waals surface area (Å²) in [7, 11) is 1.58. The lowest BCUT2D eigenvalue weighted by Crippen LogP contribution is -2.36. The lowest BCUT2D eigenvalue weighted by atomic mass is 10.2. The Labute approximate surface area is 112 Å². The number of carboxylic acids is 1. The first-order valence-corrected chi connectivity index (χ1v) is 6.16. The molecular weight excluding hydrogens is 246 g/mol. The summed E-state index contributed by atoms with van der Waals surface area (Å²) >= 11 is 0. The third kappa shape index (κ3) is 3.94. The second kappa shape index (κ2) is 6.72. The molecule has 0 saturated carbocycles. The maximum Gasteiger partial charge on any atom is 0.337 e. The molecule has 0 saturated heterocycles. The van der Waals surface area contributed by atoms with Crippen LogP contribution in [-0.4, -0.2) is 42.1 Å². The number of nitrogens with zero attached hydrogens (tertiary/aromatic N) is 2. The van der Waals surface area contributed by atoms with Crippen molar-refractivity contribution in [1.82, 2.24) is 10.3 Å². The molecule has 0 atom stereocenters. The summed E-state index contributed by atoms with van der Waals surface area (Å²) in [5.41, 5.74) is 0.628. The van der Waals surface area contributed by atoms with Crippen molar-refractivity contribution in [2.24, 2.45) is 0 Å². The minimum atomic E-state index is -0.995. The third-order valence-corrected chi connectivity index (χ3v) is 2.73. The van der Waals surface area contributed by atoms with Crippen LogP contribution in [0.2, 0.25) is 0 Å². The van der Waals surface area contributed by atoms with Gasteiger partial charge in [-0.1, -0.05) is 6.92 Å². The van der Waals surface area contributed by atoms with E-state index >= 15 is 0 Å². The first-order valence-electron chi connectivity index (χ1n) is 6.16. The van der Waals surface area contributed by atoms with Crippen LogP contribution >= 0.6 is 0 Å². The van der Waals surface area contributed by atoms with E-state index in [0.717, 1.165) is 6.42 Å². The highest BCUT2D eigenvalue weighted by molar-refractivity contribution is 5.89. The number of hydrogen-bond donors (Lipinski definition) is 2. The smallest absolute Gasteiger partial charge is 0.337 e. The van der Waals surface area contributed by atoms with Crippen molar-refractivity contribution < 1.29 is 14.7 Å². The molecule has 0 aliphatic rings. The quantitative estimate of drug-likeness (QED) is 0.803. The summed E-state index contributed by atoms with van der Waals surface area (Å²) in [5.74, 6) is -0.479. The van der Waals surface area contributed by atoms with E-state index in [9.17, 15) is 9.59 Å². The summed E-state index contributed by atoms with van der Waals surface area (Å²) in [6.45, 7) is 4.56. The Balaban J connectivity index is 2.99. The van der Waals surface area contributed by atoms with Crippen molar-refractivity contribution >= 4 is 17.7 Å². The molecule has 0 bridgehead atoms. The van der Waals surface area contributed by atoms with Gasteiger partial charge in [-0.15, -0.1) is 0 Å². The van der Waals surface area contributed by atoms with Gasteiger partial charge in [0, 0.05) is 13.6 Å². The van der Waals surface area contributed by atoms with Crippen LogP contribution in [-0.2, 0) is 4.79 Å². The Morgan fingerprint density at radius 1 is 1.42 bits per heavy atom. The molecule has 19 heavy (non-hydrogen) atoms. The SMILES string of the molecule is CCCN(CC(=O)NC)c1ccc(C(=O)O)c(C)n1. The zero-order valence-corrected chi connectivity index (χ0v) is 11.4. The molecule has 0 aromatic carbocycles. The largest absolute Gasteiger partial charge is 0.478 e. The van der Waals surface area contributed by atoms with Crippen LogP contribution in [0.1, 0.15) is 29.4 Å².